The SMILES string of the molecule is Cn1ncc2c(CN3Cc4ccccc4C3)ccc(O)c21. The fraction of sp³-hybridized carbons (Fsp3) is 0.235. The van der Waals surface area contributed by atoms with Crippen molar-refractivity contribution in [3.63, 3.8) is 0 Å². The molecule has 0 atom stereocenters. The Morgan fingerprint density at radius 1 is 1.10 bits per heavy atom. The Bertz CT molecular complexity index is 797. The summed E-state index contributed by atoms with van der Waals surface area (Å²) in [5.41, 5.74) is 4.85. The van der Waals surface area contributed by atoms with Crippen molar-refractivity contribution in [1.82, 2.24) is 14.7 Å². The zero-order valence-corrected chi connectivity index (χ0v) is 12.0. The van der Waals surface area contributed by atoms with E-state index in [-0.39, 0.29) is 0 Å². The van der Waals surface area contributed by atoms with Crippen molar-refractivity contribution in [1.29, 1.82) is 0 Å². The standard InChI is InChI=1S/C17H17N3O/c1-19-17-15(8-18-19)14(6-7-16(17)21)11-20-9-12-4-2-3-5-13(12)10-20/h2-8,21H,9-11H2,1H3. The highest BCUT2D eigenvalue weighted by atomic mass is 16.3. The number of phenolic OH excluding ortho intramolecular Hbond substituents is 1. The maximum atomic E-state index is 9.99. The van der Waals surface area contributed by atoms with E-state index in [2.05, 4.69) is 34.3 Å². The molecule has 1 aromatic heterocycles. The smallest absolute Gasteiger partial charge is 0.141 e. The number of phenols is 1. The van der Waals surface area contributed by atoms with Crippen LogP contribution in [0.25, 0.3) is 10.9 Å². The molecule has 4 heteroatoms. The summed E-state index contributed by atoms with van der Waals surface area (Å²) < 4.78 is 1.73. The molecule has 0 fully saturated rings. The van der Waals surface area contributed by atoms with Crippen LogP contribution in [0.4, 0.5) is 0 Å². The van der Waals surface area contributed by atoms with Gasteiger partial charge in [0.1, 0.15) is 11.3 Å². The molecule has 0 saturated carbocycles. The van der Waals surface area contributed by atoms with Crippen molar-refractivity contribution < 1.29 is 5.11 Å². The molecule has 4 rings (SSSR count). The molecular weight excluding hydrogens is 262 g/mol. The van der Waals surface area contributed by atoms with Gasteiger partial charge in [0.05, 0.1) is 6.20 Å². The Morgan fingerprint density at radius 3 is 2.52 bits per heavy atom. The second-order valence-corrected chi connectivity index (χ2v) is 5.69. The quantitative estimate of drug-likeness (QED) is 0.784. The third kappa shape index (κ3) is 1.99. The summed E-state index contributed by atoms with van der Waals surface area (Å²) in [5.74, 6) is 0.290. The number of hydrogen-bond donors (Lipinski definition) is 1. The van der Waals surface area contributed by atoms with Crippen molar-refractivity contribution in [2.75, 3.05) is 0 Å². The van der Waals surface area contributed by atoms with E-state index in [0.29, 0.717) is 5.75 Å². The normalized spacial score (nSPS) is 14.7. The predicted octanol–water partition coefficient (Wildman–Crippen LogP) is 2.79. The van der Waals surface area contributed by atoms with Crippen LogP contribution in [0.2, 0.25) is 0 Å². The molecule has 3 aromatic rings. The number of aromatic nitrogens is 2. The van der Waals surface area contributed by atoms with Crippen LogP contribution in [0.1, 0.15) is 16.7 Å². The van der Waals surface area contributed by atoms with Crippen LogP contribution in [0.15, 0.2) is 42.6 Å². The van der Waals surface area contributed by atoms with Crippen molar-refractivity contribution in [3.8, 4) is 5.75 Å². The number of fused-ring (bicyclic) bond motifs is 2. The monoisotopic (exact) mass is 279 g/mol. The van der Waals surface area contributed by atoms with Crippen LogP contribution in [0, 0.1) is 0 Å². The Labute approximate surface area is 123 Å². The van der Waals surface area contributed by atoms with Crippen LogP contribution < -0.4 is 0 Å². The van der Waals surface area contributed by atoms with Gasteiger partial charge in [-0.15, -0.1) is 0 Å². The van der Waals surface area contributed by atoms with E-state index in [1.807, 2.05) is 19.3 Å². The molecule has 2 aromatic carbocycles. The van der Waals surface area contributed by atoms with Crippen molar-refractivity contribution >= 4 is 10.9 Å². The largest absolute Gasteiger partial charge is 0.506 e. The minimum Gasteiger partial charge on any atom is -0.506 e. The molecule has 1 aliphatic heterocycles. The van der Waals surface area contributed by atoms with Gasteiger partial charge in [-0.1, -0.05) is 30.3 Å². The Balaban J connectivity index is 1.66. The summed E-state index contributed by atoms with van der Waals surface area (Å²) in [6, 6.07) is 12.4. The summed E-state index contributed by atoms with van der Waals surface area (Å²) in [4.78, 5) is 2.42. The van der Waals surface area contributed by atoms with E-state index in [0.717, 1.165) is 30.5 Å². The highest BCUT2D eigenvalue weighted by Gasteiger charge is 2.19. The molecule has 0 unspecified atom stereocenters. The van der Waals surface area contributed by atoms with E-state index in [4.69, 9.17) is 0 Å². The molecule has 0 spiro atoms. The molecule has 0 radical (unpaired) electrons. The van der Waals surface area contributed by atoms with Gasteiger partial charge in [0.25, 0.3) is 0 Å². The fourth-order valence-electron chi connectivity index (χ4n) is 3.22. The Hall–Kier alpha value is -2.33. The summed E-state index contributed by atoms with van der Waals surface area (Å²) >= 11 is 0. The summed E-state index contributed by atoms with van der Waals surface area (Å²) in [5, 5.41) is 15.3. The lowest BCUT2D eigenvalue weighted by Gasteiger charge is -2.15. The average molecular weight is 279 g/mol. The Morgan fingerprint density at radius 2 is 1.81 bits per heavy atom. The molecule has 106 valence electrons. The summed E-state index contributed by atoms with van der Waals surface area (Å²) in [6.45, 7) is 2.84. The molecular formula is C17H17N3O. The van der Waals surface area contributed by atoms with Crippen molar-refractivity contribution in [3.05, 3.63) is 59.3 Å². The van der Waals surface area contributed by atoms with Crippen molar-refractivity contribution in [2.45, 2.75) is 19.6 Å². The van der Waals surface area contributed by atoms with Gasteiger partial charge >= 0.3 is 0 Å². The van der Waals surface area contributed by atoms with Gasteiger partial charge in [-0.2, -0.15) is 5.10 Å². The second kappa shape index (κ2) is 4.60. The molecule has 0 amide bonds. The first kappa shape index (κ1) is 12.4. The lowest BCUT2D eigenvalue weighted by molar-refractivity contribution is 0.276. The van der Waals surface area contributed by atoms with Gasteiger partial charge in [-0.05, 0) is 22.8 Å². The zero-order valence-electron chi connectivity index (χ0n) is 12.0. The van der Waals surface area contributed by atoms with E-state index >= 15 is 0 Å². The van der Waals surface area contributed by atoms with Gasteiger partial charge in [0, 0.05) is 32.1 Å². The highest BCUT2D eigenvalue weighted by Crippen LogP contribution is 2.30. The first-order chi connectivity index (χ1) is 10.2. The number of benzene rings is 2. The summed E-state index contributed by atoms with van der Waals surface area (Å²) in [7, 11) is 1.86. The topological polar surface area (TPSA) is 41.3 Å². The maximum Gasteiger partial charge on any atom is 0.141 e. The third-order valence-electron chi connectivity index (χ3n) is 4.27. The lowest BCUT2D eigenvalue weighted by Crippen LogP contribution is -2.15. The molecule has 21 heavy (non-hydrogen) atoms. The van der Waals surface area contributed by atoms with Gasteiger partial charge < -0.3 is 5.11 Å². The minimum absolute atomic E-state index is 0.290. The first-order valence-corrected chi connectivity index (χ1v) is 7.14. The van der Waals surface area contributed by atoms with Crippen LogP contribution in [-0.2, 0) is 26.7 Å². The average Bonchev–Trinajstić information content (AvgIpc) is 3.06. The van der Waals surface area contributed by atoms with Crippen LogP contribution >= 0.6 is 0 Å². The van der Waals surface area contributed by atoms with Gasteiger partial charge in [-0.25, -0.2) is 0 Å². The number of aryl methyl sites for hydroxylation is 1. The van der Waals surface area contributed by atoms with Gasteiger partial charge in [0.2, 0.25) is 0 Å². The summed E-state index contributed by atoms with van der Waals surface area (Å²) in [6.07, 6.45) is 1.84. The van der Waals surface area contributed by atoms with Crippen LogP contribution in [0.5, 0.6) is 5.75 Å². The number of aromatic hydroxyl groups is 1. The molecule has 0 aliphatic carbocycles. The van der Waals surface area contributed by atoms with E-state index in [1.165, 1.54) is 16.7 Å². The fourth-order valence-corrected chi connectivity index (χ4v) is 3.22. The zero-order chi connectivity index (χ0) is 14.4. The number of nitrogens with zero attached hydrogens (tertiary/aromatic N) is 3. The second-order valence-electron chi connectivity index (χ2n) is 5.69. The van der Waals surface area contributed by atoms with Gasteiger partial charge in [0.15, 0.2) is 0 Å². The Kier molecular flexibility index (Phi) is 2.72. The molecule has 0 bridgehead atoms. The number of rotatable bonds is 2. The molecule has 0 saturated heterocycles. The molecule has 1 aliphatic rings. The molecule has 1 N–H and O–H groups in total. The molecule has 4 nitrogen and oxygen atoms in total. The van der Waals surface area contributed by atoms with E-state index < -0.39 is 0 Å². The maximum absolute atomic E-state index is 9.99. The third-order valence-corrected chi connectivity index (χ3v) is 4.27. The number of hydrogen-bond acceptors (Lipinski definition) is 3. The van der Waals surface area contributed by atoms with Crippen LogP contribution in [-0.4, -0.2) is 19.8 Å². The first-order valence-electron chi connectivity index (χ1n) is 7.14. The van der Waals surface area contributed by atoms with E-state index in [1.54, 1.807) is 10.7 Å². The predicted molar refractivity (Wildman–Crippen MR) is 81.8 cm³/mol. The van der Waals surface area contributed by atoms with Gasteiger partial charge in [-0.3, -0.25) is 9.58 Å². The van der Waals surface area contributed by atoms with Crippen molar-refractivity contribution in [2.24, 2.45) is 7.05 Å². The minimum atomic E-state index is 0.290. The lowest BCUT2D eigenvalue weighted by atomic mass is 10.1. The molecule has 2 heterocycles. The van der Waals surface area contributed by atoms with Crippen LogP contribution in [0.3, 0.4) is 0 Å². The highest BCUT2D eigenvalue weighted by molar-refractivity contribution is 5.87. The van der Waals surface area contributed by atoms with E-state index in [9.17, 15) is 5.11 Å².